The van der Waals surface area contributed by atoms with Crippen LogP contribution in [0.15, 0.2) is 23.0 Å². The third-order valence-electron chi connectivity index (χ3n) is 6.98. The van der Waals surface area contributed by atoms with Gasteiger partial charge in [0.1, 0.15) is 6.10 Å². The number of esters is 2. The molecule has 0 saturated carbocycles. The molecular weight excluding hydrogens is 384 g/mol. The van der Waals surface area contributed by atoms with Crippen molar-refractivity contribution in [2.75, 3.05) is 0 Å². The minimum absolute atomic E-state index is 0.0549. The molecule has 3 aliphatic rings. The fourth-order valence-corrected chi connectivity index (χ4v) is 4.90. The fourth-order valence-electron chi connectivity index (χ4n) is 4.90. The number of hydrogen-bond acceptors (Lipinski definition) is 6. The van der Waals surface area contributed by atoms with E-state index in [1.807, 2.05) is 33.8 Å². The maximum atomic E-state index is 13.2. The highest BCUT2D eigenvalue weighted by atomic mass is 16.5. The smallest absolute Gasteiger partial charge is 0.314 e. The van der Waals surface area contributed by atoms with Gasteiger partial charge in [-0.25, -0.2) is 0 Å². The Bertz CT molecular complexity index is 764. The molecule has 0 radical (unpaired) electrons. The molecule has 0 amide bonds. The molecule has 0 unspecified atom stereocenters. The third kappa shape index (κ3) is 4.85. The predicted octanol–water partition coefficient (Wildman–Crippen LogP) is 3.87. The van der Waals surface area contributed by atoms with Gasteiger partial charge < -0.3 is 14.6 Å². The van der Waals surface area contributed by atoms with Gasteiger partial charge in [0.15, 0.2) is 5.76 Å². The van der Waals surface area contributed by atoms with E-state index < -0.39 is 6.10 Å². The van der Waals surface area contributed by atoms with Crippen LogP contribution in [-0.2, 0) is 23.9 Å². The average Bonchev–Trinajstić information content (AvgIpc) is 2.70. The van der Waals surface area contributed by atoms with Crippen LogP contribution in [0.25, 0.3) is 0 Å². The lowest BCUT2D eigenvalue weighted by Gasteiger charge is -2.40. The molecule has 6 nitrogen and oxygen atoms in total. The zero-order valence-corrected chi connectivity index (χ0v) is 18.5. The molecule has 0 aromatic heterocycles. The highest BCUT2D eigenvalue weighted by molar-refractivity contribution is 5.99. The number of allylic oxidation sites excluding steroid dienone is 4. The predicted molar refractivity (Wildman–Crippen MR) is 111 cm³/mol. The van der Waals surface area contributed by atoms with Crippen LogP contribution in [0.4, 0.5) is 0 Å². The van der Waals surface area contributed by atoms with Crippen LogP contribution in [0.1, 0.15) is 72.6 Å². The highest BCUT2D eigenvalue weighted by Gasteiger charge is 2.44. The van der Waals surface area contributed by atoms with Gasteiger partial charge in [0, 0.05) is 17.9 Å². The van der Waals surface area contributed by atoms with Gasteiger partial charge in [-0.3, -0.25) is 14.4 Å². The van der Waals surface area contributed by atoms with E-state index in [2.05, 4.69) is 0 Å². The summed E-state index contributed by atoms with van der Waals surface area (Å²) < 4.78 is 11.1. The number of aliphatic hydroxyl groups is 1. The second-order valence-corrected chi connectivity index (χ2v) is 9.25. The molecule has 1 aliphatic heterocycles. The Labute approximate surface area is 178 Å². The van der Waals surface area contributed by atoms with E-state index >= 15 is 0 Å². The molecule has 30 heavy (non-hydrogen) atoms. The second kappa shape index (κ2) is 9.46. The Kier molecular flexibility index (Phi) is 7.17. The van der Waals surface area contributed by atoms with E-state index in [4.69, 9.17) is 9.47 Å². The van der Waals surface area contributed by atoms with Crippen molar-refractivity contribution in [3.8, 4) is 0 Å². The summed E-state index contributed by atoms with van der Waals surface area (Å²) in [6.45, 7) is 7.69. The molecule has 3 rings (SSSR count). The van der Waals surface area contributed by atoms with Gasteiger partial charge in [0.25, 0.3) is 0 Å². The molecule has 1 heterocycles. The number of Topliss-reactive ketones (excluding diaryl/α,β-unsaturated/α-hetero) is 1. The number of ketones is 1. The maximum Gasteiger partial charge on any atom is 0.314 e. The van der Waals surface area contributed by atoms with Crippen LogP contribution >= 0.6 is 0 Å². The first-order valence-corrected chi connectivity index (χ1v) is 11.3. The van der Waals surface area contributed by atoms with Crippen molar-refractivity contribution in [2.45, 2.75) is 84.8 Å². The van der Waals surface area contributed by atoms with Gasteiger partial charge in [-0.2, -0.15) is 0 Å². The molecule has 0 aromatic carbocycles. The first-order chi connectivity index (χ1) is 14.2. The number of ether oxygens (including phenoxy) is 2. The number of cyclic esters (lactones) is 1. The Morgan fingerprint density at radius 3 is 2.73 bits per heavy atom. The van der Waals surface area contributed by atoms with Gasteiger partial charge in [-0.1, -0.05) is 32.4 Å². The quantitative estimate of drug-likeness (QED) is 0.659. The molecule has 166 valence electrons. The van der Waals surface area contributed by atoms with Crippen molar-refractivity contribution >= 4 is 17.7 Å². The lowest BCUT2D eigenvalue weighted by molar-refractivity contribution is -0.160. The molecule has 1 saturated heterocycles. The summed E-state index contributed by atoms with van der Waals surface area (Å²) >= 11 is 0. The zero-order chi connectivity index (χ0) is 22.0. The Balaban J connectivity index is 1.81. The third-order valence-corrected chi connectivity index (χ3v) is 6.98. The van der Waals surface area contributed by atoms with Crippen LogP contribution in [0.2, 0.25) is 0 Å². The first-order valence-electron chi connectivity index (χ1n) is 11.3. The summed E-state index contributed by atoms with van der Waals surface area (Å²) in [6, 6.07) is 0. The van der Waals surface area contributed by atoms with Crippen molar-refractivity contribution in [2.24, 2.45) is 23.7 Å². The maximum absolute atomic E-state index is 13.2. The Morgan fingerprint density at radius 1 is 1.33 bits per heavy atom. The molecule has 6 atom stereocenters. The standard InChI is InChI=1S/C24H34O6/c1-5-14(3)24(28)30-23-20-10-13(2)6-8-19(20)18(15(4)22(23)27)9-7-17-11-16(25)12-21(26)29-17/h10,14-19,25H,5-9,11-12H2,1-4H3/t14-,15-,16+,17+,18+,19+/m0/s1. The van der Waals surface area contributed by atoms with E-state index in [-0.39, 0.29) is 59.7 Å². The number of aliphatic hydroxyl groups excluding tert-OH is 1. The molecule has 0 aromatic rings. The lowest BCUT2D eigenvalue weighted by Crippen LogP contribution is -2.39. The van der Waals surface area contributed by atoms with Crippen LogP contribution in [-0.4, -0.2) is 35.0 Å². The number of fused-ring (bicyclic) bond motifs is 1. The van der Waals surface area contributed by atoms with Crippen molar-refractivity contribution in [3.05, 3.63) is 23.0 Å². The summed E-state index contributed by atoms with van der Waals surface area (Å²) in [7, 11) is 0. The summed E-state index contributed by atoms with van der Waals surface area (Å²) in [6.07, 6.45) is 5.46. The molecule has 1 N–H and O–H groups in total. The van der Waals surface area contributed by atoms with Gasteiger partial charge >= 0.3 is 11.9 Å². The van der Waals surface area contributed by atoms with Gasteiger partial charge in [0.05, 0.1) is 18.4 Å². The number of carbonyl (C=O) groups is 3. The van der Waals surface area contributed by atoms with Crippen LogP contribution in [0.5, 0.6) is 0 Å². The van der Waals surface area contributed by atoms with Crippen molar-refractivity contribution < 1.29 is 29.0 Å². The monoisotopic (exact) mass is 418 g/mol. The average molecular weight is 419 g/mol. The van der Waals surface area contributed by atoms with E-state index in [0.29, 0.717) is 19.3 Å². The normalized spacial score (nSPS) is 32.8. The molecular formula is C24H34O6. The van der Waals surface area contributed by atoms with Crippen molar-refractivity contribution in [1.82, 2.24) is 0 Å². The molecule has 6 heteroatoms. The van der Waals surface area contributed by atoms with Gasteiger partial charge in [-0.15, -0.1) is 0 Å². The molecule has 2 aliphatic carbocycles. The second-order valence-electron chi connectivity index (χ2n) is 9.25. The fraction of sp³-hybridized carbons (Fsp3) is 0.708. The molecule has 0 bridgehead atoms. The topological polar surface area (TPSA) is 89.9 Å². The zero-order valence-electron chi connectivity index (χ0n) is 18.5. The van der Waals surface area contributed by atoms with E-state index in [1.54, 1.807) is 0 Å². The summed E-state index contributed by atoms with van der Waals surface area (Å²) in [5.41, 5.74) is 2.04. The lowest BCUT2D eigenvalue weighted by atomic mass is 9.65. The molecule has 0 spiro atoms. The number of rotatable bonds is 6. The SMILES string of the molecule is CC[C@H](C)C(=O)OC1=C2C=C(C)CC[C@@H]2[C@H](CC[C@@H]2C[C@@H](O)CC(=O)O2)[C@H](C)C1=O. The minimum atomic E-state index is -0.649. The Hall–Kier alpha value is -1.95. The summed E-state index contributed by atoms with van der Waals surface area (Å²) in [5, 5.41) is 9.86. The van der Waals surface area contributed by atoms with Crippen LogP contribution < -0.4 is 0 Å². The van der Waals surface area contributed by atoms with Gasteiger partial charge in [-0.05, 0) is 50.9 Å². The largest absolute Gasteiger partial charge is 0.462 e. The van der Waals surface area contributed by atoms with E-state index in [1.165, 1.54) is 5.57 Å². The van der Waals surface area contributed by atoms with E-state index in [9.17, 15) is 19.5 Å². The van der Waals surface area contributed by atoms with Gasteiger partial charge in [0.2, 0.25) is 5.78 Å². The van der Waals surface area contributed by atoms with Crippen LogP contribution in [0.3, 0.4) is 0 Å². The van der Waals surface area contributed by atoms with E-state index in [0.717, 1.165) is 24.8 Å². The number of carbonyl (C=O) groups excluding carboxylic acids is 3. The van der Waals surface area contributed by atoms with Crippen molar-refractivity contribution in [1.29, 1.82) is 0 Å². The van der Waals surface area contributed by atoms with Crippen molar-refractivity contribution in [3.63, 3.8) is 0 Å². The minimum Gasteiger partial charge on any atom is -0.462 e. The van der Waals surface area contributed by atoms with Crippen LogP contribution in [0, 0.1) is 23.7 Å². The summed E-state index contributed by atoms with van der Waals surface area (Å²) in [4.78, 5) is 37.3. The summed E-state index contributed by atoms with van der Waals surface area (Å²) in [5.74, 6) is -0.874. The molecule has 1 fully saturated rings. The Morgan fingerprint density at radius 2 is 2.07 bits per heavy atom. The first kappa shape index (κ1) is 22.7. The highest BCUT2D eigenvalue weighted by Crippen LogP contribution is 2.46. The number of hydrogen-bond donors (Lipinski definition) is 1.